The molecule has 3 aromatic rings. The first kappa shape index (κ1) is 22.2. The van der Waals surface area contributed by atoms with E-state index in [1.165, 1.54) is 5.56 Å². The standard InChI is InChI=1S/C29H31N3O2/c33-28(20-19-23-11-4-1-5-12-23)31-26-17-10-18-27(31)22-30(21-26)29(34)32(24-13-6-2-7-14-24)25-15-8-3-9-16-25/h1-9,11-16,26-27H,10,17-22H2/t26-,27+. The van der Waals surface area contributed by atoms with E-state index in [9.17, 15) is 9.59 Å². The third kappa shape index (κ3) is 4.69. The molecule has 2 saturated heterocycles. The summed E-state index contributed by atoms with van der Waals surface area (Å²) in [7, 11) is 0. The molecule has 2 bridgehead atoms. The van der Waals surface area contributed by atoms with Gasteiger partial charge in [-0.05, 0) is 55.5 Å². The van der Waals surface area contributed by atoms with Gasteiger partial charge < -0.3 is 9.80 Å². The Morgan fingerprint density at radius 2 is 1.24 bits per heavy atom. The van der Waals surface area contributed by atoms with Gasteiger partial charge in [0, 0.05) is 31.6 Å². The highest BCUT2D eigenvalue weighted by atomic mass is 16.2. The minimum Gasteiger partial charge on any atom is -0.333 e. The second-order valence-corrected chi connectivity index (χ2v) is 9.22. The number of piperazine rings is 1. The van der Waals surface area contributed by atoms with Crippen LogP contribution in [0.1, 0.15) is 31.2 Å². The number of anilines is 2. The van der Waals surface area contributed by atoms with Crippen LogP contribution in [0.25, 0.3) is 0 Å². The van der Waals surface area contributed by atoms with Crippen LogP contribution in [0.15, 0.2) is 91.0 Å². The average Bonchev–Trinajstić information content (AvgIpc) is 2.88. The number of hydrogen-bond donors (Lipinski definition) is 0. The zero-order chi connectivity index (χ0) is 23.3. The van der Waals surface area contributed by atoms with Crippen molar-refractivity contribution >= 4 is 23.3 Å². The van der Waals surface area contributed by atoms with Crippen molar-refractivity contribution in [2.75, 3.05) is 18.0 Å². The summed E-state index contributed by atoms with van der Waals surface area (Å²) in [5, 5.41) is 0. The fourth-order valence-electron chi connectivity index (χ4n) is 5.36. The Labute approximate surface area is 201 Å². The van der Waals surface area contributed by atoms with Crippen LogP contribution in [0, 0.1) is 0 Å². The van der Waals surface area contributed by atoms with E-state index in [0.717, 1.165) is 37.1 Å². The van der Waals surface area contributed by atoms with Crippen LogP contribution < -0.4 is 4.90 Å². The number of amides is 3. The van der Waals surface area contributed by atoms with Crippen molar-refractivity contribution in [3.63, 3.8) is 0 Å². The summed E-state index contributed by atoms with van der Waals surface area (Å²) in [5.74, 6) is 0.216. The topological polar surface area (TPSA) is 43.9 Å². The number of benzene rings is 3. The number of carbonyl (C=O) groups excluding carboxylic acids is 2. The van der Waals surface area contributed by atoms with Gasteiger partial charge in [-0.15, -0.1) is 0 Å². The van der Waals surface area contributed by atoms with Crippen LogP contribution in [0.3, 0.4) is 0 Å². The molecule has 0 spiro atoms. The summed E-state index contributed by atoms with van der Waals surface area (Å²) in [6.45, 7) is 1.17. The lowest BCUT2D eigenvalue weighted by atomic mass is 9.90. The maximum atomic E-state index is 13.9. The number of urea groups is 1. The molecule has 0 aliphatic carbocycles. The third-order valence-electron chi connectivity index (χ3n) is 6.97. The van der Waals surface area contributed by atoms with E-state index in [2.05, 4.69) is 17.0 Å². The number of rotatable bonds is 5. The van der Waals surface area contributed by atoms with Crippen LogP contribution in [0.5, 0.6) is 0 Å². The van der Waals surface area contributed by atoms with E-state index in [1.54, 1.807) is 4.90 Å². The van der Waals surface area contributed by atoms with Crippen LogP contribution in [0.4, 0.5) is 16.2 Å². The Balaban J connectivity index is 1.33. The first-order valence-electron chi connectivity index (χ1n) is 12.2. The van der Waals surface area contributed by atoms with Crippen LogP contribution in [-0.2, 0) is 11.2 Å². The van der Waals surface area contributed by atoms with Crippen LogP contribution in [-0.4, -0.2) is 46.9 Å². The lowest BCUT2D eigenvalue weighted by Crippen LogP contribution is -2.64. The van der Waals surface area contributed by atoms with Gasteiger partial charge in [0.2, 0.25) is 5.91 Å². The van der Waals surface area contributed by atoms with Crippen molar-refractivity contribution in [2.24, 2.45) is 0 Å². The Bertz CT molecular complexity index is 1050. The van der Waals surface area contributed by atoms with Crippen molar-refractivity contribution in [1.82, 2.24) is 9.80 Å². The van der Waals surface area contributed by atoms with Crippen molar-refractivity contribution in [1.29, 1.82) is 0 Å². The molecule has 34 heavy (non-hydrogen) atoms. The van der Waals surface area contributed by atoms with E-state index in [0.29, 0.717) is 19.5 Å². The van der Waals surface area contributed by atoms with Gasteiger partial charge in [0.15, 0.2) is 0 Å². The normalized spacial score (nSPS) is 19.5. The van der Waals surface area contributed by atoms with E-state index in [1.807, 2.05) is 83.8 Å². The molecule has 0 radical (unpaired) electrons. The minimum absolute atomic E-state index is 0.0225. The van der Waals surface area contributed by atoms with Crippen molar-refractivity contribution in [3.05, 3.63) is 96.6 Å². The van der Waals surface area contributed by atoms with Gasteiger partial charge in [-0.1, -0.05) is 66.7 Å². The summed E-state index contributed by atoms with van der Waals surface area (Å²) in [5.41, 5.74) is 2.90. The largest absolute Gasteiger partial charge is 0.333 e. The number of aryl methyl sites for hydroxylation is 1. The zero-order valence-electron chi connectivity index (χ0n) is 19.4. The molecule has 0 aromatic heterocycles. The van der Waals surface area contributed by atoms with Crippen molar-refractivity contribution in [2.45, 2.75) is 44.2 Å². The van der Waals surface area contributed by atoms with Crippen molar-refractivity contribution < 1.29 is 9.59 Å². The highest BCUT2D eigenvalue weighted by molar-refractivity contribution is 5.99. The predicted molar refractivity (Wildman–Crippen MR) is 135 cm³/mol. The van der Waals surface area contributed by atoms with E-state index in [4.69, 9.17) is 0 Å². The Morgan fingerprint density at radius 1 is 0.735 bits per heavy atom. The quantitative estimate of drug-likeness (QED) is 0.502. The Kier molecular flexibility index (Phi) is 6.61. The molecular weight excluding hydrogens is 422 g/mol. The van der Waals surface area contributed by atoms with Gasteiger partial charge >= 0.3 is 6.03 Å². The summed E-state index contributed by atoms with van der Waals surface area (Å²) in [6, 6.07) is 30.0. The molecule has 174 valence electrons. The maximum Gasteiger partial charge on any atom is 0.329 e. The van der Waals surface area contributed by atoms with E-state index < -0.39 is 0 Å². The van der Waals surface area contributed by atoms with Gasteiger partial charge in [0.25, 0.3) is 0 Å². The number of carbonyl (C=O) groups is 2. The lowest BCUT2D eigenvalue weighted by molar-refractivity contribution is -0.142. The first-order valence-corrected chi connectivity index (χ1v) is 12.2. The zero-order valence-corrected chi connectivity index (χ0v) is 19.4. The summed E-state index contributed by atoms with van der Waals surface area (Å²) in [6.07, 6.45) is 4.29. The van der Waals surface area contributed by atoms with Gasteiger partial charge in [-0.2, -0.15) is 0 Å². The molecule has 5 rings (SSSR count). The van der Waals surface area contributed by atoms with Crippen LogP contribution >= 0.6 is 0 Å². The van der Waals surface area contributed by atoms with Gasteiger partial charge in [0.1, 0.15) is 0 Å². The molecule has 5 heteroatoms. The van der Waals surface area contributed by atoms with Crippen molar-refractivity contribution in [3.8, 4) is 0 Å². The number of para-hydroxylation sites is 2. The molecule has 3 amide bonds. The average molecular weight is 454 g/mol. The highest BCUT2D eigenvalue weighted by Crippen LogP contribution is 2.33. The summed E-state index contributed by atoms with van der Waals surface area (Å²) >= 11 is 0. The lowest BCUT2D eigenvalue weighted by Gasteiger charge is -2.50. The van der Waals surface area contributed by atoms with Crippen LogP contribution in [0.2, 0.25) is 0 Å². The SMILES string of the molecule is O=C(N1C[C@H]2CCC[C@@H](C1)N2C(=O)CCc1ccccc1)N(c1ccccc1)c1ccccc1. The number of likely N-dealkylation sites (tertiary alicyclic amines) is 1. The smallest absolute Gasteiger partial charge is 0.329 e. The van der Waals surface area contributed by atoms with E-state index in [-0.39, 0.29) is 24.0 Å². The van der Waals surface area contributed by atoms with Gasteiger partial charge in [0.05, 0.1) is 11.4 Å². The molecule has 2 aliphatic heterocycles. The second kappa shape index (κ2) is 10.1. The summed E-state index contributed by atoms with van der Waals surface area (Å²) < 4.78 is 0. The molecule has 2 atom stereocenters. The molecule has 5 nitrogen and oxygen atoms in total. The van der Waals surface area contributed by atoms with Gasteiger partial charge in [-0.3, -0.25) is 9.69 Å². The molecule has 3 aromatic carbocycles. The molecule has 2 heterocycles. The molecule has 2 aliphatic rings. The Morgan fingerprint density at radius 3 is 1.76 bits per heavy atom. The minimum atomic E-state index is -0.0225. The van der Waals surface area contributed by atoms with E-state index >= 15 is 0 Å². The number of fused-ring (bicyclic) bond motifs is 2. The summed E-state index contributed by atoms with van der Waals surface area (Å²) in [4.78, 5) is 33.0. The fraction of sp³-hybridized carbons (Fsp3) is 0.310. The third-order valence-corrected chi connectivity index (χ3v) is 6.97. The fourth-order valence-corrected chi connectivity index (χ4v) is 5.36. The first-order chi connectivity index (χ1) is 16.7. The number of piperidine rings is 1. The molecule has 0 saturated carbocycles. The second-order valence-electron chi connectivity index (χ2n) is 9.22. The monoisotopic (exact) mass is 453 g/mol. The molecule has 0 unspecified atom stereocenters. The molecule has 2 fully saturated rings. The highest BCUT2D eigenvalue weighted by Gasteiger charge is 2.42. The van der Waals surface area contributed by atoms with Gasteiger partial charge in [-0.25, -0.2) is 4.79 Å². The molecule has 0 N–H and O–H groups in total. The Hall–Kier alpha value is -3.60. The molecular formula is C29H31N3O2. The number of nitrogens with zero attached hydrogens (tertiary/aromatic N) is 3. The maximum absolute atomic E-state index is 13.9. The predicted octanol–water partition coefficient (Wildman–Crippen LogP) is 5.64. The number of hydrogen-bond acceptors (Lipinski definition) is 2.